The number of nitrogens with one attached hydrogen (secondary N) is 4. The molecule has 0 aromatic rings. The van der Waals surface area contributed by atoms with Gasteiger partial charge in [-0.05, 0) is 96.3 Å². The molecule has 3 atom stereocenters. The summed E-state index contributed by atoms with van der Waals surface area (Å²) in [5.41, 5.74) is 11.7. The van der Waals surface area contributed by atoms with E-state index in [1.165, 1.54) is 58.3 Å². The second kappa shape index (κ2) is 34.2. The molecule has 0 radical (unpaired) electrons. The minimum absolute atomic E-state index is 0.0260. The third-order valence-corrected chi connectivity index (χ3v) is 11.5. The Morgan fingerprint density at radius 2 is 1.02 bits per heavy atom. The second-order valence-corrected chi connectivity index (χ2v) is 16.8. The average molecular weight is 837 g/mol. The van der Waals surface area contributed by atoms with Crippen molar-refractivity contribution in [3.05, 3.63) is 0 Å². The van der Waals surface area contributed by atoms with Gasteiger partial charge in [0.25, 0.3) is 0 Å². The summed E-state index contributed by atoms with van der Waals surface area (Å²) in [6.45, 7) is 2.87. The molecule has 0 aromatic heterocycles. The molecule has 1 rings (SSSR count). The van der Waals surface area contributed by atoms with E-state index in [4.69, 9.17) is 16.6 Å². The first-order valence-corrected chi connectivity index (χ1v) is 22.9. The topological polar surface area (TPSA) is 260 Å². The van der Waals surface area contributed by atoms with Crippen LogP contribution in [0.2, 0.25) is 0 Å². The quantitative estimate of drug-likeness (QED) is 0.0368. The number of carboxylic acids is 2. The Hall–Kier alpha value is -3.59. The first-order chi connectivity index (χ1) is 28.3. The van der Waals surface area contributed by atoms with Gasteiger partial charge in [0, 0.05) is 44.8 Å². The molecule has 1 aliphatic rings. The van der Waals surface area contributed by atoms with Crippen molar-refractivity contribution in [3.8, 4) is 0 Å². The van der Waals surface area contributed by atoms with Crippen molar-refractivity contribution in [1.82, 2.24) is 21.3 Å². The van der Waals surface area contributed by atoms with Crippen LogP contribution in [0.4, 0.5) is 0 Å². The molecule has 15 heteroatoms. The lowest BCUT2D eigenvalue weighted by Gasteiger charge is -2.28. The minimum Gasteiger partial charge on any atom is -0.481 e. The normalized spacial score (nSPS) is 16.7. The molecule has 0 saturated heterocycles. The summed E-state index contributed by atoms with van der Waals surface area (Å²) in [5, 5.41) is 29.6. The van der Waals surface area contributed by atoms with Crippen molar-refractivity contribution in [2.24, 2.45) is 23.3 Å². The molecule has 0 heterocycles. The van der Waals surface area contributed by atoms with E-state index in [2.05, 4.69) is 21.3 Å². The summed E-state index contributed by atoms with van der Waals surface area (Å²) in [4.78, 5) is 83.5. The average Bonchev–Trinajstić information content (AvgIpc) is 3.20. The maximum absolute atomic E-state index is 12.9. The number of nitrogens with two attached hydrogens (primary N) is 2. The lowest BCUT2D eigenvalue weighted by atomic mass is 9.81. The molecule has 340 valence electrons. The molecule has 0 aliphatic heterocycles. The van der Waals surface area contributed by atoms with E-state index in [1.54, 1.807) is 0 Å². The Kier molecular flexibility index (Phi) is 30.9. The number of unbranched alkanes of at least 4 members (excludes halogenated alkanes) is 15. The van der Waals surface area contributed by atoms with Crippen LogP contribution < -0.4 is 32.7 Å². The first kappa shape index (κ1) is 53.4. The van der Waals surface area contributed by atoms with Crippen molar-refractivity contribution >= 4 is 41.4 Å². The fourth-order valence-electron chi connectivity index (χ4n) is 7.45. The summed E-state index contributed by atoms with van der Waals surface area (Å²) < 4.78 is 0. The van der Waals surface area contributed by atoms with Crippen LogP contribution in [0.25, 0.3) is 0 Å². The summed E-state index contributed by atoms with van der Waals surface area (Å²) in [6.07, 6.45) is 23.2. The van der Waals surface area contributed by atoms with Crippen LogP contribution in [0.1, 0.15) is 187 Å². The molecule has 59 heavy (non-hydrogen) atoms. The van der Waals surface area contributed by atoms with Crippen molar-refractivity contribution < 1.29 is 43.8 Å². The van der Waals surface area contributed by atoms with Crippen LogP contribution in [-0.4, -0.2) is 89.3 Å². The maximum atomic E-state index is 12.9. The maximum Gasteiger partial charge on any atom is 0.326 e. The van der Waals surface area contributed by atoms with E-state index >= 15 is 0 Å². The van der Waals surface area contributed by atoms with E-state index in [1.807, 2.05) is 0 Å². The van der Waals surface area contributed by atoms with Gasteiger partial charge in [-0.3, -0.25) is 28.8 Å². The summed E-state index contributed by atoms with van der Waals surface area (Å²) >= 11 is 0. The van der Waals surface area contributed by atoms with Gasteiger partial charge < -0.3 is 42.9 Å². The molecule has 0 bridgehead atoms. The lowest BCUT2D eigenvalue weighted by molar-refractivity contribution is -0.143. The fraction of sp³-hybridized carbons (Fsp3) is 0.841. The molecular formula is C44H80N6O9. The minimum atomic E-state index is -1.18. The number of carboxylic acid groups (broad SMARTS) is 2. The van der Waals surface area contributed by atoms with E-state index in [0.717, 1.165) is 57.8 Å². The lowest BCUT2D eigenvalue weighted by Crippen LogP contribution is -2.45. The molecule has 0 aromatic carbocycles. The van der Waals surface area contributed by atoms with Crippen molar-refractivity contribution in [2.45, 2.75) is 205 Å². The number of amides is 4. The molecule has 0 spiro atoms. The van der Waals surface area contributed by atoms with Crippen LogP contribution in [-0.2, 0) is 33.6 Å². The first-order valence-electron chi connectivity index (χ1n) is 22.9. The number of rotatable bonds is 37. The van der Waals surface area contributed by atoms with Gasteiger partial charge in [0.2, 0.25) is 23.6 Å². The van der Waals surface area contributed by atoms with Gasteiger partial charge in [-0.1, -0.05) is 77.0 Å². The number of aliphatic carboxylic acids is 2. The summed E-state index contributed by atoms with van der Waals surface area (Å²) in [6, 6.07) is -2.30. The Labute approximate surface area is 353 Å². The predicted octanol–water partition coefficient (Wildman–Crippen LogP) is 5.40. The van der Waals surface area contributed by atoms with Crippen LogP contribution in [0, 0.1) is 11.8 Å². The molecule has 1 fully saturated rings. The molecule has 1 aliphatic carbocycles. The van der Waals surface area contributed by atoms with E-state index < -0.39 is 30.1 Å². The summed E-state index contributed by atoms with van der Waals surface area (Å²) in [7, 11) is 0. The third-order valence-electron chi connectivity index (χ3n) is 11.5. The fourth-order valence-corrected chi connectivity index (χ4v) is 7.45. The van der Waals surface area contributed by atoms with Crippen molar-refractivity contribution in [1.29, 1.82) is 0 Å². The number of ketones is 1. The zero-order valence-corrected chi connectivity index (χ0v) is 36.2. The molecule has 0 unspecified atom stereocenters. The van der Waals surface area contributed by atoms with E-state index in [-0.39, 0.29) is 54.6 Å². The van der Waals surface area contributed by atoms with Gasteiger partial charge >= 0.3 is 11.9 Å². The molecule has 10 N–H and O–H groups in total. The number of carbonyl (C=O) groups is 7. The van der Waals surface area contributed by atoms with Gasteiger partial charge in [-0.25, -0.2) is 4.79 Å². The van der Waals surface area contributed by atoms with E-state index in [0.29, 0.717) is 76.9 Å². The zero-order chi connectivity index (χ0) is 43.7. The second-order valence-electron chi connectivity index (χ2n) is 16.8. The van der Waals surface area contributed by atoms with Crippen molar-refractivity contribution in [2.75, 3.05) is 19.6 Å². The van der Waals surface area contributed by atoms with Gasteiger partial charge in [0.1, 0.15) is 11.8 Å². The Morgan fingerprint density at radius 3 is 1.53 bits per heavy atom. The highest BCUT2D eigenvalue weighted by Crippen LogP contribution is 2.29. The smallest absolute Gasteiger partial charge is 0.326 e. The molecular weight excluding hydrogens is 757 g/mol. The number of hydrogen-bond acceptors (Lipinski definition) is 9. The van der Waals surface area contributed by atoms with Gasteiger partial charge in [0.05, 0.1) is 12.1 Å². The van der Waals surface area contributed by atoms with Gasteiger partial charge in [-0.15, -0.1) is 0 Å². The van der Waals surface area contributed by atoms with Crippen LogP contribution in [0.3, 0.4) is 0 Å². The Balaban J connectivity index is 2.08. The standard InChI is InChI=1S/C44H80N6O9/c1-33(51)36(45)20-16-19-31-48-43(57)37(46)21-17-18-30-47-40(53)29-28-38(44(58)59)50-42(56)35-26-24-34(25-27-35)32-49-39(52)22-14-12-10-8-6-4-2-3-5-7-9-11-13-15-23-41(54)55/h34-38H,2-32,45-46H2,1H3,(H,47,53)(H,48,57)(H,49,52)(H,50,56)(H,54,55)(H,58,59)/t34?,35?,36-,37-,38-/m0/s1. The molecule has 15 nitrogen and oxygen atoms in total. The van der Waals surface area contributed by atoms with Crippen LogP contribution in [0.5, 0.6) is 0 Å². The Morgan fingerprint density at radius 1 is 0.542 bits per heavy atom. The highest BCUT2D eigenvalue weighted by Gasteiger charge is 2.30. The van der Waals surface area contributed by atoms with Crippen LogP contribution in [0.15, 0.2) is 0 Å². The molecule has 1 saturated carbocycles. The SMILES string of the molecule is CC(=O)[C@@H](N)CCCCNC(=O)[C@@H](N)CCCCNC(=O)CC[C@H](NC(=O)C1CCC(CNC(=O)CCCCCCCCCCCCCCCCC(=O)O)CC1)C(=O)O. The number of carbonyl (C=O) groups excluding carboxylic acids is 5. The van der Waals surface area contributed by atoms with Gasteiger partial charge in [0.15, 0.2) is 0 Å². The third kappa shape index (κ3) is 29.3. The number of hydrogen-bond donors (Lipinski definition) is 8. The largest absolute Gasteiger partial charge is 0.481 e. The summed E-state index contributed by atoms with van der Waals surface area (Å²) in [5.74, 6) is -2.74. The monoisotopic (exact) mass is 837 g/mol. The van der Waals surface area contributed by atoms with Gasteiger partial charge in [-0.2, -0.15) is 0 Å². The van der Waals surface area contributed by atoms with Crippen molar-refractivity contribution in [3.63, 3.8) is 0 Å². The highest BCUT2D eigenvalue weighted by molar-refractivity contribution is 5.86. The Bertz CT molecular complexity index is 1230. The van der Waals surface area contributed by atoms with E-state index in [9.17, 15) is 38.7 Å². The zero-order valence-electron chi connectivity index (χ0n) is 36.2. The highest BCUT2D eigenvalue weighted by atomic mass is 16.4. The number of Topliss-reactive ketones (excluding diaryl/α,β-unsaturated/α-hetero) is 1. The van der Waals surface area contributed by atoms with Crippen LogP contribution >= 0.6 is 0 Å². The molecule has 4 amide bonds. The predicted molar refractivity (Wildman–Crippen MR) is 229 cm³/mol.